The quantitative estimate of drug-likeness (QED) is 0.349. The molecule has 0 radical (unpaired) electrons. The number of ether oxygens (including phenoxy) is 1. The first kappa shape index (κ1) is 9.02. The standard InChI is InChI=1S/C7H12N2O3/c1-7(11-8-2)12-9-3-5-10-6-4-9/h1-6H2. The van der Waals surface area contributed by atoms with Crippen LogP contribution in [-0.2, 0) is 14.4 Å². The maximum absolute atomic E-state index is 5.13. The third-order valence-electron chi connectivity index (χ3n) is 1.37. The lowest BCUT2D eigenvalue weighted by Crippen LogP contribution is -2.36. The van der Waals surface area contributed by atoms with E-state index in [1.807, 2.05) is 0 Å². The lowest BCUT2D eigenvalue weighted by atomic mass is 10.5. The average molecular weight is 172 g/mol. The molecule has 0 aromatic carbocycles. The summed E-state index contributed by atoms with van der Waals surface area (Å²) in [6.07, 6.45) is 0. The van der Waals surface area contributed by atoms with Gasteiger partial charge in [0.05, 0.1) is 26.3 Å². The molecule has 1 aliphatic heterocycles. The second-order valence-electron chi connectivity index (χ2n) is 2.23. The Labute approximate surface area is 71.1 Å². The molecule has 5 heteroatoms. The fourth-order valence-electron chi connectivity index (χ4n) is 0.871. The first-order valence-electron chi connectivity index (χ1n) is 3.65. The largest absolute Gasteiger partial charge is 0.379 e. The first-order chi connectivity index (χ1) is 5.83. The second-order valence-corrected chi connectivity index (χ2v) is 2.23. The zero-order chi connectivity index (χ0) is 8.81. The summed E-state index contributed by atoms with van der Waals surface area (Å²) in [5, 5.41) is 4.87. The second kappa shape index (κ2) is 4.74. The highest BCUT2D eigenvalue weighted by Gasteiger charge is 2.12. The van der Waals surface area contributed by atoms with E-state index in [4.69, 9.17) is 9.57 Å². The van der Waals surface area contributed by atoms with Crippen molar-refractivity contribution in [1.82, 2.24) is 5.06 Å². The van der Waals surface area contributed by atoms with Gasteiger partial charge >= 0.3 is 5.95 Å². The molecule has 0 N–H and O–H groups in total. The molecular weight excluding hydrogens is 160 g/mol. The minimum atomic E-state index is 0.131. The number of hydrogen-bond acceptors (Lipinski definition) is 5. The van der Waals surface area contributed by atoms with Crippen LogP contribution < -0.4 is 0 Å². The van der Waals surface area contributed by atoms with Crippen molar-refractivity contribution in [2.24, 2.45) is 5.16 Å². The molecule has 0 aromatic heterocycles. The minimum absolute atomic E-state index is 0.131. The summed E-state index contributed by atoms with van der Waals surface area (Å²) in [6, 6.07) is 0. The van der Waals surface area contributed by atoms with Crippen molar-refractivity contribution in [2.75, 3.05) is 26.3 Å². The lowest BCUT2D eigenvalue weighted by molar-refractivity contribution is -0.197. The van der Waals surface area contributed by atoms with Crippen LogP contribution >= 0.6 is 0 Å². The molecule has 5 nitrogen and oxygen atoms in total. The van der Waals surface area contributed by atoms with E-state index in [-0.39, 0.29) is 5.95 Å². The van der Waals surface area contributed by atoms with Gasteiger partial charge in [0, 0.05) is 6.72 Å². The highest BCUT2D eigenvalue weighted by molar-refractivity contribution is 5.21. The monoisotopic (exact) mass is 172 g/mol. The number of hydroxylamine groups is 2. The molecule has 1 fully saturated rings. The molecule has 0 spiro atoms. The highest BCUT2D eigenvalue weighted by Crippen LogP contribution is 2.04. The van der Waals surface area contributed by atoms with Crippen LogP contribution in [0.2, 0.25) is 0 Å². The summed E-state index contributed by atoms with van der Waals surface area (Å²) < 4.78 is 5.11. The maximum atomic E-state index is 5.13. The summed E-state index contributed by atoms with van der Waals surface area (Å²) in [4.78, 5) is 9.69. The number of morpholine rings is 1. The van der Waals surface area contributed by atoms with Gasteiger partial charge in [0.25, 0.3) is 0 Å². The minimum Gasteiger partial charge on any atom is -0.379 e. The molecule has 0 amide bonds. The van der Waals surface area contributed by atoms with Gasteiger partial charge < -0.3 is 14.4 Å². The molecule has 1 aliphatic rings. The van der Waals surface area contributed by atoms with E-state index in [0.717, 1.165) is 0 Å². The zero-order valence-electron chi connectivity index (χ0n) is 6.86. The molecule has 1 saturated heterocycles. The van der Waals surface area contributed by atoms with Gasteiger partial charge in [-0.1, -0.05) is 5.16 Å². The van der Waals surface area contributed by atoms with Gasteiger partial charge in [-0.25, -0.2) is 0 Å². The van der Waals surface area contributed by atoms with Gasteiger partial charge in [-0.2, -0.15) is 0 Å². The van der Waals surface area contributed by atoms with E-state index in [2.05, 4.69) is 23.3 Å². The molecule has 1 rings (SSSR count). The third-order valence-corrected chi connectivity index (χ3v) is 1.37. The van der Waals surface area contributed by atoms with Crippen molar-refractivity contribution in [1.29, 1.82) is 0 Å². The van der Waals surface area contributed by atoms with Gasteiger partial charge in [0.2, 0.25) is 0 Å². The molecule has 12 heavy (non-hydrogen) atoms. The zero-order valence-corrected chi connectivity index (χ0v) is 6.86. The van der Waals surface area contributed by atoms with Crippen LogP contribution in [0.4, 0.5) is 0 Å². The van der Waals surface area contributed by atoms with E-state index in [9.17, 15) is 0 Å². The topological polar surface area (TPSA) is 43.3 Å². The van der Waals surface area contributed by atoms with Crippen LogP contribution in [0.25, 0.3) is 0 Å². The number of hydrogen-bond donors (Lipinski definition) is 0. The van der Waals surface area contributed by atoms with Gasteiger partial charge in [-0.05, 0) is 6.58 Å². The summed E-state index contributed by atoms with van der Waals surface area (Å²) in [6.45, 7) is 9.35. The van der Waals surface area contributed by atoms with E-state index < -0.39 is 0 Å². The van der Waals surface area contributed by atoms with E-state index in [0.29, 0.717) is 26.3 Å². The molecule has 0 atom stereocenters. The Hall–Kier alpha value is -1.07. The van der Waals surface area contributed by atoms with Gasteiger partial charge in [0.1, 0.15) is 0 Å². The Morgan fingerprint density at radius 1 is 1.42 bits per heavy atom. The molecule has 0 unspecified atom stereocenters. The Morgan fingerprint density at radius 2 is 2.08 bits per heavy atom. The van der Waals surface area contributed by atoms with E-state index in [1.165, 1.54) is 0 Å². The van der Waals surface area contributed by atoms with Gasteiger partial charge in [-0.3, -0.25) is 0 Å². The normalized spacial score (nSPS) is 18.3. The molecule has 0 aliphatic carbocycles. The van der Waals surface area contributed by atoms with Crippen LogP contribution in [0, 0.1) is 0 Å². The van der Waals surface area contributed by atoms with Gasteiger partial charge in [0.15, 0.2) is 0 Å². The Balaban J connectivity index is 2.19. The number of rotatable bonds is 4. The maximum Gasteiger partial charge on any atom is 0.321 e. The molecule has 1 heterocycles. The SMILES string of the molecule is C=NOC(=C)ON1CCOCC1. The average Bonchev–Trinajstić information content (AvgIpc) is 2.06. The van der Waals surface area contributed by atoms with Crippen molar-refractivity contribution < 1.29 is 14.4 Å². The lowest BCUT2D eigenvalue weighted by Gasteiger charge is -2.25. The van der Waals surface area contributed by atoms with Crippen LogP contribution in [0.3, 0.4) is 0 Å². The summed E-state index contributed by atoms with van der Waals surface area (Å²) in [7, 11) is 0. The molecule has 0 bridgehead atoms. The van der Waals surface area contributed by atoms with Gasteiger partial charge in [-0.15, -0.1) is 5.06 Å². The smallest absolute Gasteiger partial charge is 0.321 e. The predicted molar refractivity (Wildman–Crippen MR) is 43.3 cm³/mol. The first-order valence-corrected chi connectivity index (χ1v) is 3.65. The Bertz CT molecular complexity index is 166. The Kier molecular flexibility index (Phi) is 3.56. The molecule has 68 valence electrons. The summed E-state index contributed by atoms with van der Waals surface area (Å²) in [5.74, 6) is 0.131. The van der Waals surface area contributed by atoms with Crippen molar-refractivity contribution >= 4 is 6.72 Å². The van der Waals surface area contributed by atoms with Crippen LogP contribution in [0.15, 0.2) is 17.7 Å². The van der Waals surface area contributed by atoms with Crippen molar-refractivity contribution in [3.8, 4) is 0 Å². The van der Waals surface area contributed by atoms with Crippen LogP contribution in [-0.4, -0.2) is 38.1 Å². The number of oxime groups is 1. The van der Waals surface area contributed by atoms with Crippen molar-refractivity contribution in [2.45, 2.75) is 0 Å². The molecular formula is C7H12N2O3. The Morgan fingerprint density at radius 3 is 2.67 bits per heavy atom. The summed E-state index contributed by atoms with van der Waals surface area (Å²) >= 11 is 0. The molecule has 0 aromatic rings. The van der Waals surface area contributed by atoms with Crippen LogP contribution in [0.5, 0.6) is 0 Å². The van der Waals surface area contributed by atoms with Crippen molar-refractivity contribution in [3.05, 3.63) is 12.5 Å². The third kappa shape index (κ3) is 2.89. The van der Waals surface area contributed by atoms with Crippen molar-refractivity contribution in [3.63, 3.8) is 0 Å². The fraction of sp³-hybridized carbons (Fsp3) is 0.571. The van der Waals surface area contributed by atoms with E-state index >= 15 is 0 Å². The summed E-state index contributed by atoms with van der Waals surface area (Å²) in [5.41, 5.74) is 0. The predicted octanol–water partition coefficient (Wildman–Crippen LogP) is 0.354. The van der Waals surface area contributed by atoms with E-state index in [1.54, 1.807) is 5.06 Å². The van der Waals surface area contributed by atoms with Crippen LogP contribution in [0.1, 0.15) is 0 Å². The molecule has 0 saturated carbocycles. The highest BCUT2D eigenvalue weighted by atomic mass is 16.8. The fourth-order valence-corrected chi connectivity index (χ4v) is 0.871. The number of nitrogens with zero attached hydrogens (tertiary/aromatic N) is 2.